The zero-order valence-corrected chi connectivity index (χ0v) is 31.6. The predicted molar refractivity (Wildman–Crippen MR) is 237 cm³/mol. The monoisotopic (exact) mass is 719 g/mol. The highest BCUT2D eigenvalue weighted by Gasteiger charge is 2.36. The maximum Gasteiger partial charge on any atom is 0.0540 e. The summed E-state index contributed by atoms with van der Waals surface area (Å²) in [6.45, 7) is 4.70. The fourth-order valence-electron chi connectivity index (χ4n) is 9.16. The molecule has 0 fully saturated rings. The van der Waals surface area contributed by atoms with Gasteiger partial charge in [-0.15, -0.1) is 11.3 Å². The third-order valence-electron chi connectivity index (χ3n) is 11.9. The molecule has 260 valence electrons. The quantitative estimate of drug-likeness (QED) is 0.171. The van der Waals surface area contributed by atoms with Gasteiger partial charge in [0.05, 0.1) is 5.69 Å². The molecule has 0 radical (unpaired) electrons. The van der Waals surface area contributed by atoms with E-state index in [1.165, 1.54) is 86.2 Å². The number of fused-ring (bicyclic) bond motifs is 9. The number of nitrogens with zero attached hydrogens (tertiary/aromatic N) is 1. The number of rotatable bonds is 5. The number of thiophene rings is 1. The first-order chi connectivity index (χ1) is 27.0. The number of hydrogen-bond acceptors (Lipinski definition) is 2. The van der Waals surface area contributed by atoms with E-state index in [2.05, 4.69) is 207 Å². The Morgan fingerprint density at radius 3 is 1.69 bits per heavy atom. The highest BCUT2D eigenvalue weighted by molar-refractivity contribution is 7.27. The SMILES string of the molecule is CC1(C)c2ccccc2-c2c(-c3ccc(N(c4ccc(-c5cccc6c5sc5c7ccccc7ccc65)cc4)c4cccc5ccccc45)cc3)cccc21. The van der Waals surface area contributed by atoms with Crippen LogP contribution in [0.5, 0.6) is 0 Å². The number of benzene rings is 9. The molecule has 0 bridgehead atoms. The van der Waals surface area contributed by atoms with Crippen molar-refractivity contribution in [1.82, 2.24) is 0 Å². The molecule has 55 heavy (non-hydrogen) atoms. The molecular weight excluding hydrogens is 683 g/mol. The second-order valence-electron chi connectivity index (χ2n) is 15.3. The molecule has 11 rings (SSSR count). The van der Waals surface area contributed by atoms with Crippen LogP contribution in [-0.2, 0) is 5.41 Å². The molecule has 0 saturated heterocycles. The molecule has 1 aliphatic rings. The zero-order valence-electron chi connectivity index (χ0n) is 30.8. The van der Waals surface area contributed by atoms with E-state index in [1.54, 1.807) is 0 Å². The summed E-state index contributed by atoms with van der Waals surface area (Å²) in [5.74, 6) is 0. The zero-order chi connectivity index (χ0) is 36.7. The summed E-state index contributed by atoms with van der Waals surface area (Å²) in [7, 11) is 0. The van der Waals surface area contributed by atoms with Crippen LogP contribution in [0.2, 0.25) is 0 Å². The van der Waals surface area contributed by atoms with Crippen molar-refractivity contribution in [2.75, 3.05) is 4.90 Å². The Balaban J connectivity index is 1.03. The lowest BCUT2D eigenvalue weighted by molar-refractivity contribution is 0.660. The first-order valence-electron chi connectivity index (χ1n) is 19.1. The molecule has 1 aromatic heterocycles. The van der Waals surface area contributed by atoms with Gasteiger partial charge in [-0.2, -0.15) is 0 Å². The van der Waals surface area contributed by atoms with Crippen LogP contribution in [-0.4, -0.2) is 0 Å². The van der Waals surface area contributed by atoms with Gasteiger partial charge >= 0.3 is 0 Å². The van der Waals surface area contributed by atoms with E-state index in [0.29, 0.717) is 0 Å². The molecule has 2 heteroatoms. The number of hydrogen-bond donors (Lipinski definition) is 0. The van der Waals surface area contributed by atoms with Crippen molar-refractivity contribution in [1.29, 1.82) is 0 Å². The van der Waals surface area contributed by atoms with Crippen LogP contribution in [0, 0.1) is 0 Å². The molecule has 9 aromatic carbocycles. The minimum Gasteiger partial charge on any atom is -0.310 e. The smallest absolute Gasteiger partial charge is 0.0540 e. The normalized spacial score (nSPS) is 13.1. The molecule has 0 amide bonds. The van der Waals surface area contributed by atoms with E-state index in [9.17, 15) is 0 Å². The van der Waals surface area contributed by atoms with E-state index in [4.69, 9.17) is 0 Å². The predicted octanol–water partition coefficient (Wildman–Crippen LogP) is 15.5. The average molecular weight is 720 g/mol. The van der Waals surface area contributed by atoms with Gasteiger partial charge < -0.3 is 4.90 Å². The lowest BCUT2D eigenvalue weighted by atomic mass is 9.82. The van der Waals surface area contributed by atoms with Crippen LogP contribution in [0.4, 0.5) is 17.1 Å². The Morgan fingerprint density at radius 2 is 0.909 bits per heavy atom. The fraction of sp³-hybridized carbons (Fsp3) is 0.0566. The van der Waals surface area contributed by atoms with Crippen LogP contribution >= 0.6 is 11.3 Å². The van der Waals surface area contributed by atoms with E-state index in [0.717, 1.165) is 17.1 Å². The molecule has 0 spiro atoms. The molecule has 1 nitrogen and oxygen atoms in total. The molecule has 0 aliphatic heterocycles. The van der Waals surface area contributed by atoms with E-state index in [-0.39, 0.29) is 5.41 Å². The van der Waals surface area contributed by atoms with Gasteiger partial charge in [0.1, 0.15) is 0 Å². The Kier molecular flexibility index (Phi) is 7.14. The Bertz CT molecular complexity index is 3110. The van der Waals surface area contributed by atoms with Crippen LogP contribution < -0.4 is 4.90 Å². The molecule has 10 aromatic rings. The van der Waals surface area contributed by atoms with Gasteiger partial charge in [-0.1, -0.05) is 172 Å². The van der Waals surface area contributed by atoms with Crippen LogP contribution in [0.1, 0.15) is 25.0 Å². The summed E-state index contributed by atoms with van der Waals surface area (Å²) < 4.78 is 2.69. The molecule has 0 atom stereocenters. The maximum absolute atomic E-state index is 2.41. The van der Waals surface area contributed by atoms with Crippen molar-refractivity contribution >= 4 is 70.1 Å². The fourth-order valence-corrected chi connectivity index (χ4v) is 10.5. The highest BCUT2D eigenvalue weighted by atomic mass is 32.1. The van der Waals surface area contributed by atoms with Crippen LogP contribution in [0.3, 0.4) is 0 Å². The summed E-state index contributed by atoms with van der Waals surface area (Å²) in [5, 5.41) is 7.71. The van der Waals surface area contributed by atoms with E-state index < -0.39 is 0 Å². The summed E-state index contributed by atoms with van der Waals surface area (Å²) in [6, 6.07) is 69.4. The average Bonchev–Trinajstić information content (AvgIpc) is 3.74. The maximum atomic E-state index is 2.41. The van der Waals surface area contributed by atoms with Crippen molar-refractivity contribution in [2.45, 2.75) is 19.3 Å². The van der Waals surface area contributed by atoms with E-state index >= 15 is 0 Å². The summed E-state index contributed by atoms with van der Waals surface area (Å²) >= 11 is 1.91. The Labute approximate surface area is 325 Å². The van der Waals surface area contributed by atoms with Gasteiger partial charge in [0.25, 0.3) is 0 Å². The summed E-state index contributed by atoms with van der Waals surface area (Å²) in [4.78, 5) is 2.41. The minimum absolute atomic E-state index is 0.0317. The van der Waals surface area contributed by atoms with Gasteiger partial charge in [-0.05, 0) is 91.0 Å². The largest absolute Gasteiger partial charge is 0.310 e. The van der Waals surface area contributed by atoms with Gasteiger partial charge in [0.2, 0.25) is 0 Å². The third-order valence-corrected chi connectivity index (χ3v) is 13.2. The highest BCUT2D eigenvalue weighted by Crippen LogP contribution is 2.52. The van der Waals surface area contributed by atoms with Gasteiger partial charge in [0.15, 0.2) is 0 Å². The third kappa shape index (κ3) is 4.92. The van der Waals surface area contributed by atoms with Gasteiger partial charge in [-0.3, -0.25) is 0 Å². The number of anilines is 3. The molecular formula is C53H37NS. The van der Waals surface area contributed by atoms with Crippen molar-refractivity contribution in [3.63, 3.8) is 0 Å². The van der Waals surface area contributed by atoms with Crippen molar-refractivity contribution in [3.05, 3.63) is 199 Å². The molecule has 0 N–H and O–H groups in total. The standard InChI is InChI=1S/C53H37NS/c1-53(2)47-21-8-7-17-46(47)50-41(18-11-22-48(50)53)36-24-29-38(30-25-36)54(49-23-9-14-34-12-3-5-15-40(34)49)39-31-26-37(27-32-39)43-19-10-20-44-45-33-28-35-13-4-6-16-42(35)52(45)55-51(43)44/h3-33H,1-2H3. The van der Waals surface area contributed by atoms with Gasteiger partial charge in [0, 0.05) is 42.3 Å². The van der Waals surface area contributed by atoms with Crippen molar-refractivity contribution in [2.24, 2.45) is 0 Å². The molecule has 1 aliphatic carbocycles. The molecule has 0 saturated carbocycles. The second kappa shape index (κ2) is 12.3. The second-order valence-corrected chi connectivity index (χ2v) is 16.3. The molecule has 1 heterocycles. The lowest BCUT2D eigenvalue weighted by Crippen LogP contribution is -2.14. The summed E-state index contributed by atoms with van der Waals surface area (Å²) in [5.41, 5.74) is 13.9. The first kappa shape index (κ1) is 32.0. The van der Waals surface area contributed by atoms with Crippen LogP contribution in [0.25, 0.3) is 75.1 Å². The van der Waals surface area contributed by atoms with Gasteiger partial charge in [-0.25, -0.2) is 0 Å². The summed E-state index contributed by atoms with van der Waals surface area (Å²) in [6.07, 6.45) is 0. The minimum atomic E-state index is -0.0317. The lowest BCUT2D eigenvalue weighted by Gasteiger charge is -2.27. The Morgan fingerprint density at radius 1 is 0.382 bits per heavy atom. The molecule has 0 unspecified atom stereocenters. The van der Waals surface area contributed by atoms with Crippen molar-refractivity contribution in [3.8, 4) is 33.4 Å². The topological polar surface area (TPSA) is 3.24 Å². The van der Waals surface area contributed by atoms with E-state index in [1.807, 2.05) is 11.3 Å². The first-order valence-corrected chi connectivity index (χ1v) is 19.9. The van der Waals surface area contributed by atoms with Crippen molar-refractivity contribution < 1.29 is 0 Å². The van der Waals surface area contributed by atoms with Crippen LogP contribution in [0.15, 0.2) is 188 Å². The Hall–Kier alpha value is -6.48.